The van der Waals surface area contributed by atoms with Gasteiger partial charge in [-0.2, -0.15) is 0 Å². The van der Waals surface area contributed by atoms with Crippen molar-refractivity contribution in [2.24, 2.45) is 0 Å². The molecule has 1 aromatic rings. The molecule has 1 heterocycles. The summed E-state index contributed by atoms with van der Waals surface area (Å²) in [6.07, 6.45) is 2.02. The molecule has 1 aliphatic heterocycles. The lowest BCUT2D eigenvalue weighted by atomic mass is 9.78. The van der Waals surface area contributed by atoms with Crippen molar-refractivity contribution in [1.29, 1.82) is 0 Å². The maximum atomic E-state index is 11.4. The minimum absolute atomic E-state index is 0.116. The van der Waals surface area contributed by atoms with Crippen LogP contribution in [0.15, 0.2) is 24.8 Å². The SMILES string of the molecule is C=C(CCC(=O)OCC)c1ccc2c(c1)C(C)(C)CCO2. The maximum Gasteiger partial charge on any atom is 0.306 e. The first-order valence-electron chi connectivity index (χ1n) is 7.55. The van der Waals surface area contributed by atoms with E-state index in [2.05, 4.69) is 26.5 Å². The molecule has 2 rings (SSSR count). The molecule has 21 heavy (non-hydrogen) atoms. The van der Waals surface area contributed by atoms with Gasteiger partial charge in [0.1, 0.15) is 5.75 Å². The Kier molecular flexibility index (Phi) is 4.71. The number of ether oxygens (including phenoxy) is 2. The summed E-state index contributed by atoms with van der Waals surface area (Å²) in [4.78, 5) is 11.4. The van der Waals surface area contributed by atoms with E-state index in [1.165, 1.54) is 5.56 Å². The predicted molar refractivity (Wildman–Crippen MR) is 84.5 cm³/mol. The lowest BCUT2D eigenvalue weighted by molar-refractivity contribution is -0.142. The number of hydrogen-bond acceptors (Lipinski definition) is 3. The summed E-state index contributed by atoms with van der Waals surface area (Å²) in [7, 11) is 0. The number of fused-ring (bicyclic) bond motifs is 1. The molecular weight excluding hydrogens is 264 g/mol. The molecule has 0 fully saturated rings. The third kappa shape index (κ3) is 3.66. The molecule has 3 heteroatoms. The summed E-state index contributed by atoms with van der Waals surface area (Å²) in [6.45, 7) is 11.6. The van der Waals surface area contributed by atoms with Gasteiger partial charge in [-0.3, -0.25) is 4.79 Å². The first kappa shape index (κ1) is 15.6. The van der Waals surface area contributed by atoms with Gasteiger partial charge in [0, 0.05) is 12.0 Å². The minimum Gasteiger partial charge on any atom is -0.493 e. The molecule has 0 unspecified atom stereocenters. The van der Waals surface area contributed by atoms with Crippen LogP contribution in [0.5, 0.6) is 5.75 Å². The standard InChI is InChI=1S/C18H24O3/c1-5-20-17(19)9-6-13(2)14-7-8-16-15(12-14)18(3,4)10-11-21-16/h7-8,12H,2,5-6,9-11H2,1,3-4H3. The number of esters is 1. The second-order valence-corrected chi connectivity index (χ2v) is 6.10. The molecule has 3 nitrogen and oxygen atoms in total. The number of allylic oxidation sites excluding steroid dienone is 1. The zero-order valence-electron chi connectivity index (χ0n) is 13.2. The summed E-state index contributed by atoms with van der Waals surface area (Å²) < 4.78 is 10.7. The number of hydrogen-bond donors (Lipinski definition) is 0. The van der Waals surface area contributed by atoms with Gasteiger partial charge in [-0.25, -0.2) is 0 Å². The summed E-state index contributed by atoms with van der Waals surface area (Å²) in [5, 5.41) is 0. The van der Waals surface area contributed by atoms with E-state index in [0.717, 1.165) is 29.9 Å². The Balaban J connectivity index is 2.11. The highest BCUT2D eigenvalue weighted by Gasteiger charge is 2.28. The van der Waals surface area contributed by atoms with Gasteiger partial charge in [-0.05, 0) is 48.4 Å². The van der Waals surface area contributed by atoms with Crippen molar-refractivity contribution in [2.45, 2.75) is 45.4 Å². The monoisotopic (exact) mass is 288 g/mol. The van der Waals surface area contributed by atoms with Crippen LogP contribution in [-0.4, -0.2) is 19.2 Å². The number of rotatable bonds is 5. The van der Waals surface area contributed by atoms with E-state index in [1.807, 2.05) is 19.1 Å². The van der Waals surface area contributed by atoms with E-state index in [1.54, 1.807) is 0 Å². The zero-order chi connectivity index (χ0) is 15.5. The summed E-state index contributed by atoms with van der Waals surface area (Å²) in [5.74, 6) is 0.800. The fraction of sp³-hybridized carbons (Fsp3) is 0.500. The average molecular weight is 288 g/mol. The minimum atomic E-state index is -0.166. The van der Waals surface area contributed by atoms with E-state index in [-0.39, 0.29) is 11.4 Å². The number of carbonyl (C=O) groups is 1. The van der Waals surface area contributed by atoms with Crippen molar-refractivity contribution in [3.05, 3.63) is 35.9 Å². The predicted octanol–water partition coefficient (Wildman–Crippen LogP) is 4.10. The lowest BCUT2D eigenvalue weighted by Crippen LogP contribution is -2.26. The highest BCUT2D eigenvalue weighted by atomic mass is 16.5. The molecule has 0 atom stereocenters. The van der Waals surface area contributed by atoms with Gasteiger partial charge in [0.15, 0.2) is 0 Å². The molecule has 0 N–H and O–H groups in total. The van der Waals surface area contributed by atoms with Gasteiger partial charge >= 0.3 is 5.97 Å². The first-order chi connectivity index (χ1) is 9.94. The van der Waals surface area contributed by atoms with Gasteiger partial charge in [-0.15, -0.1) is 0 Å². The smallest absolute Gasteiger partial charge is 0.306 e. The molecule has 0 saturated heterocycles. The van der Waals surface area contributed by atoms with Crippen molar-refractivity contribution >= 4 is 11.5 Å². The van der Waals surface area contributed by atoms with Crippen LogP contribution in [-0.2, 0) is 14.9 Å². The van der Waals surface area contributed by atoms with Crippen LogP contribution >= 0.6 is 0 Å². The summed E-state index contributed by atoms with van der Waals surface area (Å²) >= 11 is 0. The Labute approximate surface area is 127 Å². The lowest BCUT2D eigenvalue weighted by Gasteiger charge is -2.32. The molecule has 1 aliphatic rings. The maximum absolute atomic E-state index is 11.4. The topological polar surface area (TPSA) is 35.5 Å². The Morgan fingerprint density at radius 2 is 2.14 bits per heavy atom. The van der Waals surface area contributed by atoms with Crippen molar-refractivity contribution in [1.82, 2.24) is 0 Å². The largest absolute Gasteiger partial charge is 0.493 e. The second kappa shape index (κ2) is 6.33. The molecule has 0 bridgehead atoms. The van der Waals surface area contributed by atoms with E-state index >= 15 is 0 Å². The zero-order valence-corrected chi connectivity index (χ0v) is 13.2. The van der Waals surface area contributed by atoms with Crippen LogP contribution in [0.2, 0.25) is 0 Å². The number of carbonyl (C=O) groups excluding carboxylic acids is 1. The van der Waals surface area contributed by atoms with E-state index < -0.39 is 0 Å². The van der Waals surface area contributed by atoms with Crippen molar-refractivity contribution in [3.63, 3.8) is 0 Å². The fourth-order valence-corrected chi connectivity index (χ4v) is 2.59. The van der Waals surface area contributed by atoms with Crippen LogP contribution < -0.4 is 4.74 Å². The van der Waals surface area contributed by atoms with E-state index in [9.17, 15) is 4.79 Å². The fourth-order valence-electron chi connectivity index (χ4n) is 2.59. The Morgan fingerprint density at radius 1 is 1.38 bits per heavy atom. The Morgan fingerprint density at radius 3 is 2.86 bits per heavy atom. The van der Waals surface area contributed by atoms with Crippen LogP contribution in [0.4, 0.5) is 0 Å². The van der Waals surface area contributed by atoms with Gasteiger partial charge < -0.3 is 9.47 Å². The van der Waals surface area contributed by atoms with Crippen LogP contribution in [0.25, 0.3) is 5.57 Å². The quantitative estimate of drug-likeness (QED) is 0.765. The molecule has 0 aliphatic carbocycles. The van der Waals surface area contributed by atoms with Crippen LogP contribution in [0, 0.1) is 0 Å². The molecule has 114 valence electrons. The van der Waals surface area contributed by atoms with Gasteiger partial charge in [0.25, 0.3) is 0 Å². The molecule has 0 amide bonds. The summed E-state index contributed by atoms with van der Waals surface area (Å²) in [6, 6.07) is 6.19. The number of benzene rings is 1. The Hall–Kier alpha value is -1.77. The highest BCUT2D eigenvalue weighted by molar-refractivity contribution is 5.74. The molecule has 0 radical (unpaired) electrons. The highest BCUT2D eigenvalue weighted by Crippen LogP contribution is 2.39. The van der Waals surface area contributed by atoms with E-state index in [4.69, 9.17) is 9.47 Å². The van der Waals surface area contributed by atoms with Gasteiger partial charge in [0.2, 0.25) is 0 Å². The van der Waals surface area contributed by atoms with Gasteiger partial charge in [0.05, 0.1) is 13.2 Å². The first-order valence-corrected chi connectivity index (χ1v) is 7.55. The van der Waals surface area contributed by atoms with Crippen molar-refractivity contribution in [2.75, 3.05) is 13.2 Å². The summed E-state index contributed by atoms with van der Waals surface area (Å²) in [5.41, 5.74) is 3.39. The third-order valence-electron chi connectivity index (χ3n) is 4.04. The van der Waals surface area contributed by atoms with E-state index in [0.29, 0.717) is 19.4 Å². The van der Waals surface area contributed by atoms with Crippen LogP contribution in [0.3, 0.4) is 0 Å². The van der Waals surface area contributed by atoms with Crippen molar-refractivity contribution in [3.8, 4) is 5.75 Å². The van der Waals surface area contributed by atoms with Crippen LogP contribution in [0.1, 0.15) is 51.2 Å². The van der Waals surface area contributed by atoms with Crippen molar-refractivity contribution < 1.29 is 14.3 Å². The Bertz CT molecular complexity index is 543. The molecule has 0 saturated carbocycles. The average Bonchev–Trinajstić information content (AvgIpc) is 2.44. The normalized spacial score (nSPS) is 15.8. The molecular formula is C18H24O3. The third-order valence-corrected chi connectivity index (χ3v) is 4.04. The molecule has 0 aromatic heterocycles. The molecule has 1 aromatic carbocycles. The molecule has 0 spiro atoms. The van der Waals surface area contributed by atoms with Gasteiger partial charge in [-0.1, -0.05) is 26.5 Å². The second-order valence-electron chi connectivity index (χ2n) is 6.10.